The number of amides is 1. The summed E-state index contributed by atoms with van der Waals surface area (Å²) in [4.78, 5) is 14.4. The summed E-state index contributed by atoms with van der Waals surface area (Å²) in [7, 11) is 0. The number of nitrogens with one attached hydrogen (secondary N) is 2. The standard InChI is InChI=1S/C16H33N3O/c1-5-7-13(3)15-17-9-11-19(15)12-10-18-16(20)14(4)8-6-2/h13-15,17H,5-12H2,1-4H3,(H,18,20). The third kappa shape index (κ3) is 5.41. The molecule has 0 aromatic heterocycles. The predicted molar refractivity (Wildman–Crippen MR) is 84.5 cm³/mol. The van der Waals surface area contributed by atoms with E-state index >= 15 is 0 Å². The van der Waals surface area contributed by atoms with Crippen molar-refractivity contribution in [1.29, 1.82) is 0 Å². The molecule has 1 aliphatic heterocycles. The Bertz CT molecular complexity index is 283. The maximum absolute atomic E-state index is 11.9. The van der Waals surface area contributed by atoms with Gasteiger partial charge in [-0.15, -0.1) is 0 Å². The first kappa shape index (κ1) is 17.4. The minimum absolute atomic E-state index is 0.145. The number of carbonyl (C=O) groups is 1. The third-order valence-corrected chi connectivity index (χ3v) is 4.30. The minimum atomic E-state index is 0.145. The highest BCUT2D eigenvalue weighted by Crippen LogP contribution is 2.17. The van der Waals surface area contributed by atoms with E-state index in [0.717, 1.165) is 39.0 Å². The molecule has 0 aromatic rings. The van der Waals surface area contributed by atoms with Crippen molar-refractivity contribution in [3.63, 3.8) is 0 Å². The largest absolute Gasteiger partial charge is 0.355 e. The van der Waals surface area contributed by atoms with E-state index in [1.54, 1.807) is 0 Å². The lowest BCUT2D eigenvalue weighted by molar-refractivity contribution is -0.124. The van der Waals surface area contributed by atoms with Crippen molar-refractivity contribution in [2.24, 2.45) is 11.8 Å². The molecule has 1 amide bonds. The lowest BCUT2D eigenvalue weighted by Crippen LogP contribution is -2.44. The highest BCUT2D eigenvalue weighted by molar-refractivity contribution is 5.78. The summed E-state index contributed by atoms with van der Waals surface area (Å²) in [5, 5.41) is 6.66. The molecule has 0 radical (unpaired) electrons. The monoisotopic (exact) mass is 283 g/mol. The fourth-order valence-electron chi connectivity index (χ4n) is 3.11. The van der Waals surface area contributed by atoms with Crippen LogP contribution < -0.4 is 10.6 Å². The van der Waals surface area contributed by atoms with Gasteiger partial charge in [0, 0.05) is 32.1 Å². The molecular formula is C16H33N3O. The zero-order valence-electron chi connectivity index (χ0n) is 13.7. The molecule has 3 unspecified atom stereocenters. The van der Waals surface area contributed by atoms with Crippen LogP contribution in [0.1, 0.15) is 53.4 Å². The molecule has 4 nitrogen and oxygen atoms in total. The lowest BCUT2D eigenvalue weighted by Gasteiger charge is -2.29. The maximum Gasteiger partial charge on any atom is 0.222 e. The number of nitrogens with zero attached hydrogens (tertiary/aromatic N) is 1. The predicted octanol–water partition coefficient (Wildman–Crippen LogP) is 2.21. The molecule has 1 fully saturated rings. The van der Waals surface area contributed by atoms with Gasteiger partial charge >= 0.3 is 0 Å². The van der Waals surface area contributed by atoms with Gasteiger partial charge in [-0.1, -0.05) is 40.5 Å². The molecule has 2 N–H and O–H groups in total. The molecule has 0 aromatic carbocycles. The van der Waals surface area contributed by atoms with Gasteiger partial charge in [-0.25, -0.2) is 0 Å². The summed E-state index contributed by atoms with van der Waals surface area (Å²) in [6.07, 6.45) is 5.03. The molecule has 0 saturated carbocycles. The van der Waals surface area contributed by atoms with Gasteiger partial charge in [0.05, 0.1) is 6.17 Å². The van der Waals surface area contributed by atoms with E-state index in [1.807, 2.05) is 6.92 Å². The molecule has 0 aliphatic carbocycles. The van der Waals surface area contributed by atoms with E-state index in [0.29, 0.717) is 12.1 Å². The van der Waals surface area contributed by atoms with Crippen molar-refractivity contribution in [2.45, 2.75) is 59.5 Å². The first-order valence-electron chi connectivity index (χ1n) is 8.35. The average molecular weight is 283 g/mol. The van der Waals surface area contributed by atoms with E-state index in [-0.39, 0.29) is 11.8 Å². The topological polar surface area (TPSA) is 44.4 Å². The summed E-state index contributed by atoms with van der Waals surface area (Å²) in [6, 6.07) is 0. The normalized spacial score (nSPS) is 22.7. The Morgan fingerprint density at radius 2 is 2.00 bits per heavy atom. The summed E-state index contributed by atoms with van der Waals surface area (Å²) in [6.45, 7) is 12.6. The Morgan fingerprint density at radius 3 is 2.65 bits per heavy atom. The molecule has 4 heteroatoms. The average Bonchev–Trinajstić information content (AvgIpc) is 2.87. The van der Waals surface area contributed by atoms with Gasteiger partial charge in [-0.05, 0) is 18.8 Å². The molecule has 118 valence electrons. The second kappa shape index (κ2) is 9.35. The quantitative estimate of drug-likeness (QED) is 0.682. The zero-order valence-corrected chi connectivity index (χ0v) is 13.7. The van der Waals surface area contributed by atoms with Crippen molar-refractivity contribution < 1.29 is 4.79 Å². The smallest absolute Gasteiger partial charge is 0.222 e. The fraction of sp³-hybridized carbons (Fsp3) is 0.938. The van der Waals surface area contributed by atoms with Gasteiger partial charge in [0.1, 0.15) is 0 Å². The Morgan fingerprint density at radius 1 is 1.30 bits per heavy atom. The van der Waals surface area contributed by atoms with Gasteiger partial charge in [0.15, 0.2) is 0 Å². The van der Waals surface area contributed by atoms with Gasteiger partial charge in [0.25, 0.3) is 0 Å². The van der Waals surface area contributed by atoms with E-state index in [1.165, 1.54) is 12.8 Å². The molecule has 1 rings (SSSR count). The first-order valence-corrected chi connectivity index (χ1v) is 8.35. The molecule has 1 aliphatic rings. The highest BCUT2D eigenvalue weighted by Gasteiger charge is 2.27. The van der Waals surface area contributed by atoms with Crippen molar-refractivity contribution in [3.8, 4) is 0 Å². The number of hydrogen-bond donors (Lipinski definition) is 2. The minimum Gasteiger partial charge on any atom is -0.355 e. The van der Waals surface area contributed by atoms with Crippen molar-refractivity contribution >= 4 is 5.91 Å². The lowest BCUT2D eigenvalue weighted by atomic mass is 10.0. The summed E-state index contributed by atoms with van der Waals surface area (Å²) in [5.41, 5.74) is 0. The Hall–Kier alpha value is -0.610. The molecule has 3 atom stereocenters. The van der Waals surface area contributed by atoms with Crippen LogP contribution in [-0.2, 0) is 4.79 Å². The molecule has 20 heavy (non-hydrogen) atoms. The molecule has 1 saturated heterocycles. The summed E-state index contributed by atoms with van der Waals surface area (Å²) < 4.78 is 0. The van der Waals surface area contributed by atoms with Crippen LogP contribution in [-0.4, -0.2) is 43.2 Å². The number of hydrogen-bond acceptors (Lipinski definition) is 3. The Labute approximate surface area is 124 Å². The second-order valence-electron chi connectivity index (χ2n) is 6.18. The zero-order chi connectivity index (χ0) is 15.0. The number of rotatable bonds is 9. The third-order valence-electron chi connectivity index (χ3n) is 4.30. The van der Waals surface area contributed by atoms with Crippen molar-refractivity contribution in [2.75, 3.05) is 26.2 Å². The van der Waals surface area contributed by atoms with Crippen LogP contribution in [0.25, 0.3) is 0 Å². The van der Waals surface area contributed by atoms with Gasteiger partial charge in [0.2, 0.25) is 5.91 Å². The van der Waals surface area contributed by atoms with Crippen LogP contribution in [0.3, 0.4) is 0 Å². The fourth-order valence-corrected chi connectivity index (χ4v) is 3.11. The van der Waals surface area contributed by atoms with Crippen LogP contribution in [0.5, 0.6) is 0 Å². The molecule has 1 heterocycles. The SMILES string of the molecule is CCCC(C)C(=O)NCCN1CCNC1C(C)CCC. The number of carbonyl (C=O) groups excluding carboxylic acids is 1. The Balaban J connectivity index is 2.28. The Kier molecular flexibility index (Phi) is 8.15. The highest BCUT2D eigenvalue weighted by atomic mass is 16.1. The van der Waals surface area contributed by atoms with Crippen LogP contribution in [0.2, 0.25) is 0 Å². The van der Waals surface area contributed by atoms with Gasteiger partial charge in [-0.2, -0.15) is 0 Å². The van der Waals surface area contributed by atoms with Gasteiger partial charge in [-0.3, -0.25) is 9.69 Å². The first-order chi connectivity index (χ1) is 9.60. The second-order valence-corrected chi connectivity index (χ2v) is 6.18. The molecule has 0 bridgehead atoms. The van der Waals surface area contributed by atoms with Crippen molar-refractivity contribution in [3.05, 3.63) is 0 Å². The van der Waals surface area contributed by atoms with E-state index < -0.39 is 0 Å². The summed E-state index contributed by atoms with van der Waals surface area (Å²) >= 11 is 0. The van der Waals surface area contributed by atoms with Gasteiger partial charge < -0.3 is 10.6 Å². The van der Waals surface area contributed by atoms with E-state index in [2.05, 4.69) is 36.3 Å². The molecule has 0 spiro atoms. The van der Waals surface area contributed by atoms with E-state index in [4.69, 9.17) is 0 Å². The van der Waals surface area contributed by atoms with Crippen LogP contribution in [0.15, 0.2) is 0 Å². The van der Waals surface area contributed by atoms with Crippen LogP contribution in [0.4, 0.5) is 0 Å². The van der Waals surface area contributed by atoms with Crippen LogP contribution in [0, 0.1) is 11.8 Å². The van der Waals surface area contributed by atoms with Crippen molar-refractivity contribution in [1.82, 2.24) is 15.5 Å². The summed E-state index contributed by atoms with van der Waals surface area (Å²) in [5.74, 6) is 1.03. The van der Waals surface area contributed by atoms with E-state index in [9.17, 15) is 4.79 Å². The molecular weight excluding hydrogens is 250 g/mol. The maximum atomic E-state index is 11.9. The van der Waals surface area contributed by atoms with Crippen LogP contribution >= 0.6 is 0 Å².